The molecule has 1 fully saturated rings. The molecule has 1 heterocycles. The number of sulfonamides is 1. The molecule has 1 aliphatic heterocycles. The molecule has 3 rings (SSSR count). The lowest BCUT2D eigenvalue weighted by molar-refractivity contribution is 0.0730. The summed E-state index contributed by atoms with van der Waals surface area (Å²) in [7, 11) is -7.05. The summed E-state index contributed by atoms with van der Waals surface area (Å²) < 4.78 is 56.3. The van der Waals surface area contributed by atoms with Crippen molar-refractivity contribution in [3.8, 4) is 0 Å². The number of nitrogens with zero attached hydrogens (tertiary/aromatic N) is 1. The van der Waals surface area contributed by atoms with Gasteiger partial charge < -0.3 is 10.1 Å². The van der Waals surface area contributed by atoms with Crippen LogP contribution in [0.3, 0.4) is 0 Å². The van der Waals surface area contributed by atoms with Crippen LogP contribution >= 0.6 is 0 Å². The van der Waals surface area contributed by atoms with E-state index in [0.29, 0.717) is 24.5 Å². The van der Waals surface area contributed by atoms with E-state index in [0.717, 1.165) is 0 Å². The van der Waals surface area contributed by atoms with Gasteiger partial charge in [-0.2, -0.15) is 4.31 Å². The van der Waals surface area contributed by atoms with Crippen molar-refractivity contribution in [1.29, 1.82) is 0 Å². The molecule has 0 bridgehead atoms. The number of anilines is 1. The number of sulfone groups is 1. The lowest BCUT2D eigenvalue weighted by Crippen LogP contribution is -2.40. The molecule has 0 aromatic heterocycles. The summed E-state index contributed by atoms with van der Waals surface area (Å²) in [5, 5.41) is 2.68. The molecule has 2 aromatic rings. The summed E-state index contributed by atoms with van der Waals surface area (Å²) in [5.41, 5.74) is 1.18. The molecular formula is C20H24N2O6S2. The molecule has 30 heavy (non-hydrogen) atoms. The van der Waals surface area contributed by atoms with Crippen molar-refractivity contribution in [3.05, 3.63) is 53.6 Å². The van der Waals surface area contributed by atoms with E-state index >= 15 is 0 Å². The van der Waals surface area contributed by atoms with Gasteiger partial charge in [0.25, 0.3) is 5.91 Å². The van der Waals surface area contributed by atoms with Gasteiger partial charge in [0.15, 0.2) is 9.84 Å². The lowest BCUT2D eigenvalue weighted by atomic mass is 10.2. The molecule has 162 valence electrons. The minimum Gasteiger partial charge on any atom is -0.379 e. The van der Waals surface area contributed by atoms with E-state index in [4.69, 9.17) is 4.74 Å². The quantitative estimate of drug-likeness (QED) is 0.718. The number of carbonyl (C=O) groups excluding carboxylic acids is 1. The van der Waals surface area contributed by atoms with Crippen LogP contribution in [0.2, 0.25) is 0 Å². The van der Waals surface area contributed by atoms with Gasteiger partial charge in [-0.05, 0) is 48.9 Å². The molecule has 0 radical (unpaired) electrons. The molecule has 0 atom stereocenters. The van der Waals surface area contributed by atoms with Gasteiger partial charge >= 0.3 is 0 Å². The van der Waals surface area contributed by atoms with Crippen molar-refractivity contribution in [1.82, 2.24) is 4.31 Å². The van der Waals surface area contributed by atoms with Crippen LogP contribution in [0, 0.1) is 6.92 Å². The maximum Gasteiger partial charge on any atom is 0.255 e. The van der Waals surface area contributed by atoms with Crippen LogP contribution < -0.4 is 5.32 Å². The zero-order valence-corrected chi connectivity index (χ0v) is 18.4. The number of amides is 1. The van der Waals surface area contributed by atoms with Crippen LogP contribution in [-0.2, 0) is 24.6 Å². The van der Waals surface area contributed by atoms with Crippen LogP contribution in [0.4, 0.5) is 5.69 Å². The predicted molar refractivity (Wildman–Crippen MR) is 113 cm³/mol. The third-order valence-corrected chi connectivity index (χ3v) is 8.68. The van der Waals surface area contributed by atoms with Crippen LogP contribution in [-0.4, -0.2) is 59.1 Å². The Balaban J connectivity index is 1.82. The van der Waals surface area contributed by atoms with E-state index in [9.17, 15) is 21.6 Å². The normalized spacial score (nSPS) is 15.7. The van der Waals surface area contributed by atoms with Crippen molar-refractivity contribution >= 4 is 31.5 Å². The van der Waals surface area contributed by atoms with Crippen molar-refractivity contribution in [3.63, 3.8) is 0 Å². The summed E-state index contributed by atoms with van der Waals surface area (Å²) in [6.07, 6.45) is 0. The van der Waals surface area contributed by atoms with Crippen molar-refractivity contribution < 1.29 is 26.4 Å². The Kier molecular flexibility index (Phi) is 6.61. The minimum absolute atomic E-state index is 0.0255. The first kappa shape index (κ1) is 22.4. The van der Waals surface area contributed by atoms with Crippen molar-refractivity contribution in [2.24, 2.45) is 0 Å². The Labute approximate surface area is 176 Å². The Morgan fingerprint density at radius 2 is 1.67 bits per heavy atom. The second kappa shape index (κ2) is 8.84. The number of aryl methyl sites for hydroxylation is 1. The second-order valence-electron chi connectivity index (χ2n) is 6.88. The summed E-state index contributed by atoms with van der Waals surface area (Å²) >= 11 is 0. The fourth-order valence-electron chi connectivity index (χ4n) is 3.07. The third kappa shape index (κ3) is 4.72. The number of hydrogen-bond acceptors (Lipinski definition) is 6. The van der Waals surface area contributed by atoms with Gasteiger partial charge in [0.1, 0.15) is 0 Å². The summed E-state index contributed by atoms with van der Waals surface area (Å²) in [4.78, 5) is 12.8. The molecule has 10 heteroatoms. The molecule has 0 saturated carbocycles. The third-order valence-electron chi connectivity index (χ3n) is 4.89. The second-order valence-corrected chi connectivity index (χ2v) is 11.1. The Hall–Kier alpha value is -2.27. The average molecular weight is 453 g/mol. The highest BCUT2D eigenvalue weighted by Gasteiger charge is 2.28. The molecule has 0 aliphatic carbocycles. The number of nitrogens with one attached hydrogen (secondary N) is 1. The number of rotatable bonds is 6. The number of benzene rings is 2. The SMILES string of the molecule is CCS(=O)(=O)c1ccc(C(=O)Nc2ccc(C)c(S(=O)(=O)N3CCOCC3)c2)cc1. The fraction of sp³-hybridized carbons (Fsp3) is 0.350. The minimum atomic E-state index is -3.71. The number of carbonyl (C=O) groups is 1. The van der Waals surface area contributed by atoms with Gasteiger partial charge in [0, 0.05) is 24.3 Å². The monoisotopic (exact) mass is 452 g/mol. The van der Waals surface area contributed by atoms with E-state index in [-0.39, 0.29) is 34.2 Å². The first-order chi connectivity index (χ1) is 14.1. The first-order valence-corrected chi connectivity index (χ1v) is 12.6. The zero-order chi connectivity index (χ0) is 21.9. The molecular weight excluding hydrogens is 428 g/mol. The van der Waals surface area contributed by atoms with Gasteiger partial charge in [-0.15, -0.1) is 0 Å². The van der Waals surface area contributed by atoms with Gasteiger partial charge in [0.05, 0.1) is 28.8 Å². The Morgan fingerprint density at radius 1 is 1.03 bits per heavy atom. The molecule has 8 nitrogen and oxygen atoms in total. The van der Waals surface area contributed by atoms with Gasteiger partial charge in [0.2, 0.25) is 10.0 Å². The average Bonchev–Trinajstić information content (AvgIpc) is 2.75. The van der Waals surface area contributed by atoms with Crippen LogP contribution in [0.1, 0.15) is 22.8 Å². The summed E-state index contributed by atoms with van der Waals surface area (Å²) in [6, 6.07) is 10.3. The number of hydrogen-bond donors (Lipinski definition) is 1. The highest BCUT2D eigenvalue weighted by molar-refractivity contribution is 7.91. The van der Waals surface area contributed by atoms with E-state index in [1.807, 2.05) is 0 Å². The maximum atomic E-state index is 13.0. The van der Waals surface area contributed by atoms with E-state index in [1.165, 1.54) is 34.6 Å². The van der Waals surface area contributed by atoms with E-state index in [1.54, 1.807) is 26.0 Å². The zero-order valence-electron chi connectivity index (χ0n) is 16.8. The van der Waals surface area contributed by atoms with Crippen LogP contribution in [0.15, 0.2) is 52.3 Å². The molecule has 1 saturated heterocycles. The van der Waals surface area contributed by atoms with Crippen molar-refractivity contribution in [2.75, 3.05) is 37.4 Å². The molecule has 0 unspecified atom stereocenters. The van der Waals surface area contributed by atoms with Crippen LogP contribution in [0.5, 0.6) is 0 Å². The van der Waals surface area contributed by atoms with E-state index < -0.39 is 25.8 Å². The smallest absolute Gasteiger partial charge is 0.255 e. The molecule has 2 aromatic carbocycles. The molecule has 1 N–H and O–H groups in total. The number of morpholine rings is 1. The molecule has 1 amide bonds. The lowest BCUT2D eigenvalue weighted by Gasteiger charge is -2.26. The molecule has 1 aliphatic rings. The Morgan fingerprint density at radius 3 is 2.27 bits per heavy atom. The largest absolute Gasteiger partial charge is 0.379 e. The van der Waals surface area contributed by atoms with Crippen LogP contribution in [0.25, 0.3) is 0 Å². The topological polar surface area (TPSA) is 110 Å². The summed E-state index contributed by atoms with van der Waals surface area (Å²) in [6.45, 7) is 4.51. The Bertz CT molecular complexity index is 1140. The maximum absolute atomic E-state index is 13.0. The standard InChI is InChI=1S/C20H24N2O6S2/c1-3-29(24,25)18-8-5-16(6-9-18)20(23)21-17-7-4-15(2)19(14-17)30(26,27)22-10-12-28-13-11-22/h4-9,14H,3,10-13H2,1-2H3,(H,21,23). The van der Waals surface area contributed by atoms with Gasteiger partial charge in [-0.3, -0.25) is 4.79 Å². The highest BCUT2D eigenvalue weighted by atomic mass is 32.2. The fourth-order valence-corrected chi connectivity index (χ4v) is 5.61. The number of ether oxygens (including phenoxy) is 1. The van der Waals surface area contributed by atoms with E-state index in [2.05, 4.69) is 5.32 Å². The molecule has 0 spiro atoms. The highest BCUT2D eigenvalue weighted by Crippen LogP contribution is 2.25. The van der Waals surface area contributed by atoms with Gasteiger partial charge in [-0.1, -0.05) is 13.0 Å². The van der Waals surface area contributed by atoms with Gasteiger partial charge in [-0.25, -0.2) is 16.8 Å². The summed E-state index contributed by atoms with van der Waals surface area (Å²) in [5.74, 6) is -0.489. The predicted octanol–water partition coefficient (Wildman–Crippen LogP) is 2.06. The first-order valence-electron chi connectivity index (χ1n) is 9.48. The van der Waals surface area contributed by atoms with Crippen molar-refractivity contribution in [2.45, 2.75) is 23.6 Å².